The molecule has 1 N–H and O–H groups in total. The molecule has 0 aliphatic carbocycles. The zero-order chi connectivity index (χ0) is 13.1. The number of carbonyl (C=O) groups excluding carboxylic acids is 1. The number of nitrogens with zero attached hydrogens (tertiary/aromatic N) is 1. The maximum atomic E-state index is 12.6. The van der Waals surface area contributed by atoms with Crippen LogP contribution < -0.4 is 5.32 Å². The van der Waals surface area contributed by atoms with E-state index in [0.717, 1.165) is 38.9 Å². The van der Waals surface area contributed by atoms with Crippen LogP contribution in [0.2, 0.25) is 0 Å². The van der Waals surface area contributed by atoms with Gasteiger partial charge in [0.1, 0.15) is 0 Å². The third kappa shape index (κ3) is 2.86. The summed E-state index contributed by atoms with van der Waals surface area (Å²) in [6.07, 6.45) is 3.39. The van der Waals surface area contributed by atoms with Gasteiger partial charge in [0.05, 0.1) is 12.0 Å². The highest BCUT2D eigenvalue weighted by Gasteiger charge is 2.35. The molecule has 2 heterocycles. The second-order valence-corrected chi connectivity index (χ2v) is 5.82. The minimum absolute atomic E-state index is 0.157. The number of likely N-dealkylation sites (tertiary alicyclic amines) is 1. The Kier molecular flexibility index (Phi) is 4.62. The van der Waals surface area contributed by atoms with Crippen LogP contribution in [0.5, 0.6) is 0 Å². The third-order valence-electron chi connectivity index (χ3n) is 4.58. The molecule has 4 atom stereocenters. The summed E-state index contributed by atoms with van der Waals surface area (Å²) in [5.41, 5.74) is 0. The number of amides is 1. The molecular weight excluding hydrogens is 228 g/mol. The van der Waals surface area contributed by atoms with Crippen LogP contribution in [0.15, 0.2) is 0 Å². The molecule has 0 aromatic carbocycles. The highest BCUT2D eigenvalue weighted by atomic mass is 16.5. The molecule has 4 nitrogen and oxygen atoms in total. The van der Waals surface area contributed by atoms with Gasteiger partial charge < -0.3 is 15.0 Å². The number of methoxy groups -OCH3 is 1. The van der Waals surface area contributed by atoms with E-state index in [1.54, 1.807) is 7.11 Å². The monoisotopic (exact) mass is 254 g/mol. The lowest BCUT2D eigenvalue weighted by Crippen LogP contribution is -2.53. The van der Waals surface area contributed by atoms with E-state index in [1.807, 2.05) is 4.90 Å². The Hall–Kier alpha value is -0.610. The molecule has 0 bridgehead atoms. The zero-order valence-electron chi connectivity index (χ0n) is 11.8. The molecule has 0 spiro atoms. The number of nitrogens with one attached hydrogen (secondary N) is 1. The fourth-order valence-corrected chi connectivity index (χ4v) is 3.16. The first kappa shape index (κ1) is 13.8. The number of carbonyl (C=O) groups is 1. The average Bonchev–Trinajstić information content (AvgIpc) is 2.39. The topological polar surface area (TPSA) is 41.6 Å². The smallest absolute Gasteiger partial charge is 0.227 e. The molecule has 2 fully saturated rings. The highest BCUT2D eigenvalue weighted by molar-refractivity contribution is 5.79. The van der Waals surface area contributed by atoms with Crippen molar-refractivity contribution in [2.75, 3.05) is 26.7 Å². The van der Waals surface area contributed by atoms with E-state index in [0.29, 0.717) is 17.9 Å². The minimum atomic E-state index is 0.157. The minimum Gasteiger partial charge on any atom is -0.379 e. The van der Waals surface area contributed by atoms with Crippen molar-refractivity contribution in [2.24, 2.45) is 11.8 Å². The van der Waals surface area contributed by atoms with Crippen molar-refractivity contribution < 1.29 is 9.53 Å². The number of ether oxygens (including phenoxy) is 1. The molecule has 18 heavy (non-hydrogen) atoms. The third-order valence-corrected chi connectivity index (χ3v) is 4.58. The van der Waals surface area contributed by atoms with Crippen LogP contribution >= 0.6 is 0 Å². The van der Waals surface area contributed by atoms with Crippen LogP contribution in [0, 0.1) is 11.8 Å². The first-order valence-electron chi connectivity index (χ1n) is 7.18. The van der Waals surface area contributed by atoms with Gasteiger partial charge in [0.2, 0.25) is 5.91 Å². The van der Waals surface area contributed by atoms with E-state index >= 15 is 0 Å². The molecule has 0 radical (unpaired) electrons. The van der Waals surface area contributed by atoms with Gasteiger partial charge in [0.15, 0.2) is 0 Å². The quantitative estimate of drug-likeness (QED) is 0.806. The Morgan fingerprint density at radius 3 is 2.78 bits per heavy atom. The van der Waals surface area contributed by atoms with E-state index in [9.17, 15) is 4.79 Å². The Labute approximate surface area is 110 Å². The van der Waals surface area contributed by atoms with Gasteiger partial charge in [0, 0.05) is 26.2 Å². The van der Waals surface area contributed by atoms with Crippen molar-refractivity contribution >= 4 is 5.91 Å². The van der Waals surface area contributed by atoms with Crippen LogP contribution in [0.1, 0.15) is 33.1 Å². The summed E-state index contributed by atoms with van der Waals surface area (Å²) in [6.45, 7) is 7.04. The molecule has 0 aromatic rings. The Morgan fingerprint density at radius 1 is 1.33 bits per heavy atom. The molecule has 0 saturated carbocycles. The van der Waals surface area contributed by atoms with Gasteiger partial charge in [0.25, 0.3) is 0 Å². The molecule has 2 aliphatic heterocycles. The molecule has 1 amide bonds. The van der Waals surface area contributed by atoms with Crippen molar-refractivity contribution in [2.45, 2.75) is 45.3 Å². The summed E-state index contributed by atoms with van der Waals surface area (Å²) in [7, 11) is 1.75. The second kappa shape index (κ2) is 6.02. The summed E-state index contributed by atoms with van der Waals surface area (Å²) < 4.78 is 5.49. The maximum absolute atomic E-state index is 12.6. The van der Waals surface area contributed by atoms with Gasteiger partial charge in [-0.3, -0.25) is 4.79 Å². The van der Waals surface area contributed by atoms with Crippen LogP contribution in [0.25, 0.3) is 0 Å². The summed E-state index contributed by atoms with van der Waals surface area (Å²) in [6, 6.07) is 0.312. The molecule has 2 aliphatic rings. The summed E-state index contributed by atoms with van der Waals surface area (Å²) in [5.74, 6) is 1.04. The van der Waals surface area contributed by atoms with Crippen LogP contribution in [-0.4, -0.2) is 49.7 Å². The Morgan fingerprint density at radius 2 is 2.11 bits per heavy atom. The lowest BCUT2D eigenvalue weighted by molar-refractivity contribution is -0.142. The van der Waals surface area contributed by atoms with E-state index < -0.39 is 0 Å². The van der Waals surface area contributed by atoms with Gasteiger partial charge in [-0.25, -0.2) is 0 Å². The van der Waals surface area contributed by atoms with Crippen molar-refractivity contribution in [3.05, 3.63) is 0 Å². The first-order valence-corrected chi connectivity index (χ1v) is 7.18. The molecule has 4 unspecified atom stereocenters. The summed E-state index contributed by atoms with van der Waals surface area (Å²) in [4.78, 5) is 14.6. The van der Waals surface area contributed by atoms with Gasteiger partial charge >= 0.3 is 0 Å². The molecule has 2 saturated heterocycles. The number of rotatable bonds is 2. The molecular formula is C14H26N2O2. The van der Waals surface area contributed by atoms with Crippen molar-refractivity contribution in [3.8, 4) is 0 Å². The molecule has 104 valence electrons. The van der Waals surface area contributed by atoms with E-state index in [4.69, 9.17) is 4.74 Å². The number of piperidine rings is 2. The maximum Gasteiger partial charge on any atom is 0.227 e. The van der Waals surface area contributed by atoms with Gasteiger partial charge in [-0.2, -0.15) is 0 Å². The van der Waals surface area contributed by atoms with E-state index in [1.165, 1.54) is 0 Å². The van der Waals surface area contributed by atoms with Gasteiger partial charge in [-0.15, -0.1) is 0 Å². The normalized spacial score (nSPS) is 37.6. The van der Waals surface area contributed by atoms with Crippen molar-refractivity contribution in [3.63, 3.8) is 0 Å². The van der Waals surface area contributed by atoms with Crippen molar-refractivity contribution in [1.82, 2.24) is 10.2 Å². The first-order chi connectivity index (χ1) is 8.63. The summed E-state index contributed by atoms with van der Waals surface area (Å²) in [5, 5.41) is 3.41. The average molecular weight is 254 g/mol. The largest absolute Gasteiger partial charge is 0.379 e. The second-order valence-electron chi connectivity index (χ2n) is 5.82. The fraction of sp³-hybridized carbons (Fsp3) is 0.929. The number of hydrogen-bond donors (Lipinski definition) is 1. The van der Waals surface area contributed by atoms with Crippen LogP contribution in [0.3, 0.4) is 0 Å². The predicted octanol–water partition coefficient (Wildman–Crippen LogP) is 1.26. The Bertz CT molecular complexity index is 296. The lowest BCUT2D eigenvalue weighted by Gasteiger charge is -2.40. The lowest BCUT2D eigenvalue weighted by atomic mass is 9.88. The zero-order valence-corrected chi connectivity index (χ0v) is 11.8. The highest BCUT2D eigenvalue weighted by Crippen LogP contribution is 2.24. The summed E-state index contributed by atoms with van der Waals surface area (Å²) >= 11 is 0. The van der Waals surface area contributed by atoms with Crippen LogP contribution in [0.4, 0.5) is 0 Å². The molecule has 4 heteroatoms. The molecule has 0 aromatic heterocycles. The van der Waals surface area contributed by atoms with Crippen molar-refractivity contribution in [1.29, 1.82) is 0 Å². The Balaban J connectivity index is 1.96. The van der Waals surface area contributed by atoms with Gasteiger partial charge in [-0.1, -0.05) is 6.92 Å². The predicted molar refractivity (Wildman–Crippen MR) is 71.3 cm³/mol. The molecule has 2 rings (SSSR count). The van der Waals surface area contributed by atoms with Gasteiger partial charge in [-0.05, 0) is 38.6 Å². The fourth-order valence-electron chi connectivity index (χ4n) is 3.16. The van der Waals surface area contributed by atoms with Crippen LogP contribution in [-0.2, 0) is 9.53 Å². The SMILES string of the molecule is COC1CN(C(=O)C2CCCNC2C)CCC1C. The number of hydrogen-bond acceptors (Lipinski definition) is 3. The van der Waals surface area contributed by atoms with E-state index in [-0.39, 0.29) is 12.0 Å². The van der Waals surface area contributed by atoms with E-state index in [2.05, 4.69) is 19.2 Å². The standard InChI is InChI=1S/C14H26N2O2/c1-10-6-8-16(9-13(10)18-3)14(17)12-5-4-7-15-11(12)2/h10-13,15H,4-9H2,1-3H3.